The summed E-state index contributed by atoms with van der Waals surface area (Å²) >= 11 is 5.75. The van der Waals surface area contributed by atoms with E-state index in [1.54, 1.807) is 0 Å². The Balaban J connectivity index is 2.25. The van der Waals surface area contributed by atoms with Gasteiger partial charge in [-0.25, -0.2) is 15.0 Å². The molecule has 0 saturated carbocycles. The first-order valence-electron chi connectivity index (χ1n) is 4.65. The lowest BCUT2D eigenvalue weighted by molar-refractivity contribution is 0.879. The largest absolute Gasteiger partial charge is 0.225 e. The summed E-state index contributed by atoms with van der Waals surface area (Å²) in [7, 11) is 0. The Bertz CT molecular complexity index is 436. The first-order valence-corrected chi connectivity index (χ1v) is 5.03. The second-order valence-electron chi connectivity index (χ2n) is 3.23. The maximum Gasteiger partial charge on any atom is 0.225 e. The third-order valence-electron chi connectivity index (χ3n) is 1.97. The minimum atomic E-state index is 0.258. The van der Waals surface area contributed by atoms with Gasteiger partial charge in [-0.15, -0.1) is 0 Å². The van der Waals surface area contributed by atoms with Gasteiger partial charge in [-0.1, -0.05) is 30.3 Å². The van der Waals surface area contributed by atoms with Crippen molar-refractivity contribution in [2.24, 2.45) is 0 Å². The SMILES string of the molecule is Cc1nc(Cl)nc(Cc2ccccc2)n1. The van der Waals surface area contributed by atoms with E-state index in [2.05, 4.69) is 15.0 Å². The van der Waals surface area contributed by atoms with Crippen LogP contribution in [0, 0.1) is 6.92 Å². The lowest BCUT2D eigenvalue weighted by Gasteiger charge is -2.01. The van der Waals surface area contributed by atoms with E-state index in [0.717, 1.165) is 0 Å². The van der Waals surface area contributed by atoms with Gasteiger partial charge in [0.1, 0.15) is 11.6 Å². The van der Waals surface area contributed by atoms with Crippen molar-refractivity contribution in [3.05, 3.63) is 52.8 Å². The van der Waals surface area contributed by atoms with Crippen molar-refractivity contribution in [1.29, 1.82) is 0 Å². The molecule has 2 aromatic rings. The average Bonchev–Trinajstić information content (AvgIpc) is 2.17. The number of aromatic nitrogens is 3. The quantitative estimate of drug-likeness (QED) is 0.779. The molecule has 15 heavy (non-hydrogen) atoms. The van der Waals surface area contributed by atoms with Crippen molar-refractivity contribution in [3.8, 4) is 0 Å². The summed E-state index contributed by atoms with van der Waals surface area (Å²) in [5.41, 5.74) is 1.17. The number of nitrogens with zero attached hydrogens (tertiary/aromatic N) is 3. The van der Waals surface area contributed by atoms with Crippen LogP contribution in [0.25, 0.3) is 0 Å². The van der Waals surface area contributed by atoms with Crippen molar-refractivity contribution in [3.63, 3.8) is 0 Å². The van der Waals surface area contributed by atoms with Gasteiger partial charge in [-0.3, -0.25) is 0 Å². The Morgan fingerprint density at radius 1 is 1.07 bits per heavy atom. The van der Waals surface area contributed by atoms with Crippen LogP contribution in [0.3, 0.4) is 0 Å². The molecule has 0 amide bonds. The first-order chi connectivity index (χ1) is 7.24. The fourth-order valence-electron chi connectivity index (χ4n) is 1.36. The Kier molecular flexibility index (Phi) is 2.92. The third kappa shape index (κ3) is 2.73. The van der Waals surface area contributed by atoms with Crippen molar-refractivity contribution in [2.75, 3.05) is 0 Å². The van der Waals surface area contributed by atoms with Crippen LogP contribution in [-0.4, -0.2) is 15.0 Å². The molecule has 0 radical (unpaired) electrons. The molecule has 0 fully saturated rings. The van der Waals surface area contributed by atoms with Gasteiger partial charge in [0.15, 0.2) is 0 Å². The molecule has 0 aliphatic carbocycles. The minimum Gasteiger partial charge on any atom is -0.218 e. The summed E-state index contributed by atoms with van der Waals surface area (Å²) in [6.07, 6.45) is 0.684. The van der Waals surface area contributed by atoms with E-state index in [-0.39, 0.29) is 5.28 Å². The van der Waals surface area contributed by atoms with E-state index < -0.39 is 0 Å². The fourth-order valence-corrected chi connectivity index (χ4v) is 1.58. The number of halogens is 1. The Labute approximate surface area is 93.2 Å². The van der Waals surface area contributed by atoms with Gasteiger partial charge < -0.3 is 0 Å². The van der Waals surface area contributed by atoms with Crippen molar-refractivity contribution < 1.29 is 0 Å². The molecule has 2 rings (SSSR count). The Morgan fingerprint density at radius 2 is 1.80 bits per heavy atom. The zero-order valence-corrected chi connectivity index (χ0v) is 9.07. The number of rotatable bonds is 2. The van der Waals surface area contributed by atoms with E-state index in [1.807, 2.05) is 37.3 Å². The summed E-state index contributed by atoms with van der Waals surface area (Å²) in [5.74, 6) is 1.36. The smallest absolute Gasteiger partial charge is 0.218 e. The molecule has 0 aliphatic rings. The van der Waals surface area contributed by atoms with E-state index in [9.17, 15) is 0 Å². The second kappa shape index (κ2) is 4.36. The topological polar surface area (TPSA) is 38.7 Å². The molecular formula is C11H10ClN3. The highest BCUT2D eigenvalue weighted by Crippen LogP contribution is 2.07. The van der Waals surface area contributed by atoms with Gasteiger partial charge in [0.05, 0.1) is 0 Å². The number of aryl methyl sites for hydroxylation is 1. The molecule has 1 heterocycles. The number of hydrogen-bond donors (Lipinski definition) is 0. The van der Waals surface area contributed by atoms with Crippen LogP contribution in [0.1, 0.15) is 17.2 Å². The summed E-state index contributed by atoms with van der Waals surface area (Å²) in [6, 6.07) is 10.0. The second-order valence-corrected chi connectivity index (χ2v) is 3.57. The molecular weight excluding hydrogens is 210 g/mol. The molecule has 0 unspecified atom stereocenters. The molecule has 0 N–H and O–H groups in total. The molecule has 0 bridgehead atoms. The highest BCUT2D eigenvalue weighted by Gasteiger charge is 2.02. The van der Waals surface area contributed by atoms with Gasteiger partial charge in [0.2, 0.25) is 5.28 Å². The number of hydrogen-bond acceptors (Lipinski definition) is 3. The van der Waals surface area contributed by atoms with Gasteiger partial charge >= 0.3 is 0 Å². The molecule has 76 valence electrons. The van der Waals surface area contributed by atoms with Crippen LogP contribution in [0.15, 0.2) is 30.3 Å². The number of benzene rings is 1. The van der Waals surface area contributed by atoms with Crippen LogP contribution in [0.5, 0.6) is 0 Å². The normalized spacial score (nSPS) is 10.3. The summed E-state index contributed by atoms with van der Waals surface area (Å²) in [4.78, 5) is 12.2. The highest BCUT2D eigenvalue weighted by molar-refractivity contribution is 6.28. The van der Waals surface area contributed by atoms with Crippen molar-refractivity contribution >= 4 is 11.6 Å². The van der Waals surface area contributed by atoms with Crippen LogP contribution in [0.4, 0.5) is 0 Å². The Hall–Kier alpha value is -1.48. The first kappa shape index (κ1) is 10.1. The maximum atomic E-state index is 5.75. The van der Waals surface area contributed by atoms with Crippen molar-refractivity contribution in [2.45, 2.75) is 13.3 Å². The van der Waals surface area contributed by atoms with Gasteiger partial charge in [0.25, 0.3) is 0 Å². The predicted octanol–water partition coefficient (Wildman–Crippen LogP) is 2.42. The lowest BCUT2D eigenvalue weighted by Crippen LogP contribution is -2.01. The zero-order chi connectivity index (χ0) is 10.7. The Morgan fingerprint density at radius 3 is 2.47 bits per heavy atom. The third-order valence-corrected chi connectivity index (χ3v) is 2.14. The molecule has 0 saturated heterocycles. The van der Waals surface area contributed by atoms with Gasteiger partial charge in [0, 0.05) is 6.42 Å². The van der Waals surface area contributed by atoms with E-state index in [4.69, 9.17) is 11.6 Å². The fraction of sp³-hybridized carbons (Fsp3) is 0.182. The van der Waals surface area contributed by atoms with E-state index in [1.165, 1.54) is 5.56 Å². The predicted molar refractivity (Wildman–Crippen MR) is 58.8 cm³/mol. The molecule has 0 spiro atoms. The van der Waals surface area contributed by atoms with Crippen LogP contribution >= 0.6 is 11.6 Å². The zero-order valence-electron chi connectivity index (χ0n) is 8.31. The lowest BCUT2D eigenvalue weighted by atomic mass is 10.1. The highest BCUT2D eigenvalue weighted by atomic mass is 35.5. The monoisotopic (exact) mass is 219 g/mol. The molecule has 3 nitrogen and oxygen atoms in total. The van der Waals surface area contributed by atoms with Crippen LogP contribution in [-0.2, 0) is 6.42 Å². The molecule has 4 heteroatoms. The summed E-state index contributed by atoms with van der Waals surface area (Å²) in [5, 5.41) is 0.258. The van der Waals surface area contributed by atoms with Gasteiger partial charge in [-0.05, 0) is 24.1 Å². The molecule has 1 aromatic carbocycles. The average molecular weight is 220 g/mol. The van der Waals surface area contributed by atoms with Crippen LogP contribution in [0.2, 0.25) is 5.28 Å². The van der Waals surface area contributed by atoms with E-state index in [0.29, 0.717) is 18.1 Å². The maximum absolute atomic E-state index is 5.75. The van der Waals surface area contributed by atoms with Crippen LogP contribution < -0.4 is 0 Å². The summed E-state index contributed by atoms with van der Waals surface area (Å²) < 4.78 is 0. The van der Waals surface area contributed by atoms with Gasteiger partial charge in [-0.2, -0.15) is 0 Å². The minimum absolute atomic E-state index is 0.258. The van der Waals surface area contributed by atoms with E-state index >= 15 is 0 Å². The molecule has 0 aliphatic heterocycles. The summed E-state index contributed by atoms with van der Waals surface area (Å²) in [6.45, 7) is 1.81. The van der Waals surface area contributed by atoms with Crippen molar-refractivity contribution in [1.82, 2.24) is 15.0 Å². The molecule has 1 aromatic heterocycles. The molecule has 0 atom stereocenters. The standard InChI is InChI=1S/C11H10ClN3/c1-8-13-10(15-11(12)14-8)7-9-5-3-2-4-6-9/h2-6H,7H2,1H3.